The first-order chi connectivity index (χ1) is 8.80. The number of anilines is 1. The number of rotatable bonds is 2. The molecule has 1 aromatic rings. The van der Waals surface area contributed by atoms with Crippen molar-refractivity contribution in [1.29, 1.82) is 0 Å². The largest absolute Gasteiger partial charge is 0.392 e. The molecule has 1 fully saturated rings. The minimum atomic E-state index is -0.355. The van der Waals surface area contributed by atoms with Gasteiger partial charge < -0.3 is 15.7 Å². The quantitative estimate of drug-likeness (QED) is 0.781. The van der Waals surface area contributed by atoms with Gasteiger partial charge in [0.2, 0.25) is 0 Å². The maximum Gasteiger partial charge on any atom is 0.319 e. The highest BCUT2D eigenvalue weighted by molar-refractivity contribution is 6.31. The topological polar surface area (TPSA) is 61.4 Å². The van der Waals surface area contributed by atoms with Crippen molar-refractivity contribution in [3.8, 4) is 0 Å². The highest BCUT2D eigenvalue weighted by atomic mass is 35.5. The molecular weight excluding hydrogens is 264 g/mol. The third-order valence-electron chi connectivity index (χ3n) is 3.95. The van der Waals surface area contributed by atoms with Gasteiger partial charge in [0.25, 0.3) is 0 Å². The molecule has 19 heavy (non-hydrogen) atoms. The molecule has 0 radical (unpaired) electrons. The van der Waals surface area contributed by atoms with Crippen molar-refractivity contribution in [3.05, 3.63) is 28.8 Å². The van der Waals surface area contributed by atoms with E-state index < -0.39 is 0 Å². The standard InChI is InChI=1S/C14H19ClN2O2/c1-8-4-5-9(6-10(8)15)16-13(19)17-11-7-12(18)14(11,2)3/h4-6,11-12,18H,7H2,1-3H3,(H2,16,17,19). The van der Waals surface area contributed by atoms with Gasteiger partial charge in [0.1, 0.15) is 0 Å². The molecule has 2 amide bonds. The molecule has 0 heterocycles. The molecule has 2 unspecified atom stereocenters. The summed E-state index contributed by atoms with van der Waals surface area (Å²) in [5, 5.41) is 15.9. The Balaban J connectivity index is 1.93. The molecule has 0 aliphatic heterocycles. The third-order valence-corrected chi connectivity index (χ3v) is 4.36. The summed E-state index contributed by atoms with van der Waals surface area (Å²) in [6.07, 6.45) is 0.237. The number of aliphatic hydroxyl groups excluding tert-OH is 1. The van der Waals surface area contributed by atoms with E-state index in [1.54, 1.807) is 6.07 Å². The second kappa shape index (κ2) is 5.02. The Labute approximate surface area is 118 Å². The lowest BCUT2D eigenvalue weighted by molar-refractivity contribution is -0.0673. The number of halogens is 1. The fourth-order valence-corrected chi connectivity index (χ4v) is 2.32. The van der Waals surface area contributed by atoms with Gasteiger partial charge in [-0.05, 0) is 31.0 Å². The summed E-state index contributed by atoms with van der Waals surface area (Å²) < 4.78 is 0. The molecule has 0 aromatic heterocycles. The Bertz CT molecular complexity index is 502. The predicted molar refractivity (Wildman–Crippen MR) is 76.5 cm³/mol. The normalized spacial score (nSPS) is 24.5. The fourth-order valence-electron chi connectivity index (χ4n) is 2.14. The van der Waals surface area contributed by atoms with Crippen LogP contribution in [0.3, 0.4) is 0 Å². The summed E-state index contributed by atoms with van der Waals surface area (Å²) in [4.78, 5) is 11.9. The first kappa shape index (κ1) is 14.2. The van der Waals surface area contributed by atoms with E-state index in [2.05, 4.69) is 10.6 Å². The molecule has 1 aliphatic carbocycles. The third kappa shape index (κ3) is 2.85. The molecule has 0 bridgehead atoms. The Morgan fingerprint density at radius 1 is 1.47 bits per heavy atom. The molecule has 2 atom stereocenters. The second-order valence-electron chi connectivity index (χ2n) is 5.69. The summed E-state index contributed by atoms with van der Waals surface area (Å²) in [7, 11) is 0. The Hall–Kier alpha value is -1.26. The molecule has 104 valence electrons. The van der Waals surface area contributed by atoms with Crippen LogP contribution in [0.4, 0.5) is 10.5 Å². The summed E-state index contributed by atoms with van der Waals surface area (Å²) in [6, 6.07) is 5.10. The van der Waals surface area contributed by atoms with Crippen LogP contribution in [0, 0.1) is 12.3 Å². The monoisotopic (exact) mass is 282 g/mol. The molecule has 0 saturated heterocycles. The average Bonchev–Trinajstić information content (AvgIpc) is 2.33. The van der Waals surface area contributed by atoms with Crippen LogP contribution in [0.25, 0.3) is 0 Å². The maximum atomic E-state index is 11.9. The van der Waals surface area contributed by atoms with Crippen LogP contribution in [0.1, 0.15) is 25.8 Å². The Kier molecular flexibility index (Phi) is 3.74. The number of carbonyl (C=O) groups excluding carboxylic acids is 1. The van der Waals surface area contributed by atoms with Crippen molar-refractivity contribution >= 4 is 23.3 Å². The van der Waals surface area contributed by atoms with Gasteiger partial charge in [-0.3, -0.25) is 0 Å². The molecule has 2 rings (SSSR count). The zero-order valence-electron chi connectivity index (χ0n) is 11.3. The summed E-state index contributed by atoms with van der Waals surface area (Å²) >= 11 is 6.00. The zero-order valence-corrected chi connectivity index (χ0v) is 12.1. The fraction of sp³-hybridized carbons (Fsp3) is 0.500. The number of urea groups is 1. The van der Waals surface area contributed by atoms with Crippen LogP contribution < -0.4 is 10.6 Å². The summed E-state index contributed by atoms with van der Waals surface area (Å²) in [5.41, 5.74) is 1.35. The number of amides is 2. The SMILES string of the molecule is Cc1ccc(NC(=O)NC2CC(O)C2(C)C)cc1Cl. The molecule has 3 N–H and O–H groups in total. The Morgan fingerprint density at radius 3 is 2.68 bits per heavy atom. The number of aryl methyl sites for hydroxylation is 1. The van der Waals surface area contributed by atoms with Crippen LogP contribution in [0.15, 0.2) is 18.2 Å². The highest BCUT2D eigenvalue weighted by Crippen LogP contribution is 2.40. The lowest BCUT2D eigenvalue weighted by Gasteiger charge is -2.49. The Morgan fingerprint density at radius 2 is 2.16 bits per heavy atom. The zero-order chi connectivity index (χ0) is 14.2. The highest BCUT2D eigenvalue weighted by Gasteiger charge is 2.47. The minimum Gasteiger partial charge on any atom is -0.392 e. The number of carbonyl (C=O) groups is 1. The van der Waals surface area contributed by atoms with E-state index in [0.717, 1.165) is 5.56 Å². The number of benzene rings is 1. The van der Waals surface area contributed by atoms with Crippen molar-refractivity contribution in [2.45, 2.75) is 39.3 Å². The van der Waals surface area contributed by atoms with E-state index in [1.165, 1.54) is 0 Å². The molecule has 0 spiro atoms. The maximum absolute atomic E-state index is 11.9. The van der Waals surface area contributed by atoms with Gasteiger partial charge in [-0.2, -0.15) is 0 Å². The van der Waals surface area contributed by atoms with E-state index >= 15 is 0 Å². The average molecular weight is 283 g/mol. The van der Waals surface area contributed by atoms with Crippen molar-refractivity contribution in [2.75, 3.05) is 5.32 Å². The number of hydrogen-bond acceptors (Lipinski definition) is 2. The molecular formula is C14H19ClN2O2. The van der Waals surface area contributed by atoms with Crippen LogP contribution in [0.2, 0.25) is 5.02 Å². The number of aliphatic hydroxyl groups is 1. The first-order valence-corrected chi connectivity index (χ1v) is 6.70. The van der Waals surface area contributed by atoms with E-state index in [-0.39, 0.29) is 23.6 Å². The van der Waals surface area contributed by atoms with Gasteiger partial charge in [0, 0.05) is 22.2 Å². The van der Waals surface area contributed by atoms with Gasteiger partial charge in [0.05, 0.1) is 6.10 Å². The smallest absolute Gasteiger partial charge is 0.319 e. The van der Waals surface area contributed by atoms with E-state index in [9.17, 15) is 9.90 Å². The lowest BCUT2D eigenvalue weighted by Crippen LogP contribution is -2.61. The van der Waals surface area contributed by atoms with E-state index in [0.29, 0.717) is 17.1 Å². The molecule has 4 nitrogen and oxygen atoms in total. The lowest BCUT2D eigenvalue weighted by atomic mass is 9.65. The van der Waals surface area contributed by atoms with Crippen molar-refractivity contribution in [3.63, 3.8) is 0 Å². The van der Waals surface area contributed by atoms with Gasteiger partial charge in [-0.15, -0.1) is 0 Å². The van der Waals surface area contributed by atoms with Crippen LogP contribution in [0.5, 0.6) is 0 Å². The number of nitrogens with one attached hydrogen (secondary N) is 2. The molecule has 5 heteroatoms. The van der Waals surface area contributed by atoms with Crippen molar-refractivity contribution in [2.24, 2.45) is 5.41 Å². The molecule has 1 saturated carbocycles. The molecule has 1 aliphatic rings. The van der Waals surface area contributed by atoms with Gasteiger partial charge in [0.15, 0.2) is 0 Å². The minimum absolute atomic E-state index is 0.0107. The van der Waals surface area contributed by atoms with E-state index in [4.69, 9.17) is 11.6 Å². The first-order valence-electron chi connectivity index (χ1n) is 6.32. The van der Waals surface area contributed by atoms with Gasteiger partial charge >= 0.3 is 6.03 Å². The summed E-state index contributed by atoms with van der Waals surface area (Å²) in [6.45, 7) is 5.79. The number of hydrogen-bond donors (Lipinski definition) is 3. The van der Waals surface area contributed by atoms with Crippen molar-refractivity contribution in [1.82, 2.24) is 5.32 Å². The van der Waals surface area contributed by atoms with Crippen LogP contribution in [-0.2, 0) is 0 Å². The van der Waals surface area contributed by atoms with Crippen LogP contribution >= 0.6 is 11.6 Å². The van der Waals surface area contributed by atoms with Crippen molar-refractivity contribution < 1.29 is 9.90 Å². The van der Waals surface area contributed by atoms with Gasteiger partial charge in [-0.25, -0.2) is 4.79 Å². The predicted octanol–water partition coefficient (Wildman–Crippen LogP) is 2.93. The molecule has 1 aromatic carbocycles. The summed E-state index contributed by atoms with van der Waals surface area (Å²) in [5.74, 6) is 0. The van der Waals surface area contributed by atoms with E-state index in [1.807, 2.05) is 32.9 Å². The van der Waals surface area contributed by atoms with Gasteiger partial charge in [-0.1, -0.05) is 31.5 Å². The van der Waals surface area contributed by atoms with Crippen LogP contribution in [-0.4, -0.2) is 23.3 Å². The second-order valence-corrected chi connectivity index (χ2v) is 6.10.